The molecule has 0 bridgehead atoms. The van der Waals surface area contributed by atoms with E-state index < -0.39 is 11.7 Å². The van der Waals surface area contributed by atoms with Crippen LogP contribution in [0.2, 0.25) is 0 Å². The fraction of sp³-hybridized carbons (Fsp3) is 0.774. The molecule has 0 fully saturated rings. The van der Waals surface area contributed by atoms with Gasteiger partial charge in [-0.15, -0.1) is 5.10 Å². The van der Waals surface area contributed by atoms with Crippen molar-refractivity contribution < 1.29 is 14.3 Å². The third kappa shape index (κ3) is 15.6. The van der Waals surface area contributed by atoms with Crippen molar-refractivity contribution in [3.05, 3.63) is 23.8 Å². The molecule has 3 N–H and O–H groups in total. The van der Waals surface area contributed by atoms with Crippen molar-refractivity contribution in [2.45, 2.75) is 149 Å². The number of amides is 1. The average Bonchev–Trinajstić information content (AvgIpc) is 3.52. The highest BCUT2D eigenvalue weighted by molar-refractivity contribution is 5.75. The van der Waals surface area contributed by atoms with Crippen molar-refractivity contribution in [2.24, 2.45) is 0 Å². The molecule has 2 rings (SSSR count). The summed E-state index contributed by atoms with van der Waals surface area (Å²) in [6.45, 7) is 8.90. The van der Waals surface area contributed by atoms with Crippen LogP contribution in [-0.2, 0) is 28.9 Å². The molecule has 1 amide bonds. The van der Waals surface area contributed by atoms with Crippen LogP contribution in [0.15, 0.2) is 12.4 Å². The van der Waals surface area contributed by atoms with Crippen LogP contribution in [0.4, 0.5) is 10.7 Å². The number of aryl methyl sites for hydroxylation is 2. The summed E-state index contributed by atoms with van der Waals surface area (Å²) in [6.07, 6.45) is 22.4. The van der Waals surface area contributed by atoms with Gasteiger partial charge < -0.3 is 15.8 Å². The predicted molar refractivity (Wildman–Crippen MR) is 164 cm³/mol. The Morgan fingerprint density at radius 2 is 1.44 bits per heavy atom. The van der Waals surface area contributed by atoms with Gasteiger partial charge in [-0.05, 0) is 52.9 Å². The Morgan fingerprint density at radius 1 is 0.854 bits per heavy atom. The Kier molecular flexibility index (Phi) is 16.1. The molecule has 41 heavy (non-hydrogen) atoms. The van der Waals surface area contributed by atoms with Gasteiger partial charge in [0.05, 0.1) is 17.9 Å². The molecule has 0 saturated heterocycles. The molecule has 10 nitrogen and oxygen atoms in total. The maximum absolute atomic E-state index is 12.2. The number of ether oxygens (including phenoxy) is 1. The third-order valence-corrected chi connectivity index (χ3v) is 7.00. The Balaban J connectivity index is 1.49. The van der Waals surface area contributed by atoms with Crippen molar-refractivity contribution in [3.8, 4) is 0 Å². The molecule has 2 heterocycles. The van der Waals surface area contributed by atoms with E-state index in [2.05, 4.69) is 27.5 Å². The van der Waals surface area contributed by atoms with Crippen LogP contribution in [0.3, 0.4) is 0 Å². The Bertz CT molecular complexity index is 1010. The van der Waals surface area contributed by atoms with Crippen molar-refractivity contribution in [1.29, 1.82) is 0 Å². The number of hydrogen-bond acceptors (Lipinski definition) is 7. The fourth-order valence-corrected chi connectivity index (χ4v) is 4.72. The molecule has 0 aliphatic rings. The highest BCUT2D eigenvalue weighted by Gasteiger charge is 2.20. The zero-order valence-electron chi connectivity index (χ0n) is 26.1. The number of nitrogens with two attached hydrogens (primary N) is 1. The molecule has 2 aromatic rings. The van der Waals surface area contributed by atoms with Gasteiger partial charge >= 0.3 is 6.09 Å². The number of nitrogen functional groups attached to an aromatic ring is 1. The maximum Gasteiger partial charge on any atom is 0.421 e. The lowest BCUT2D eigenvalue weighted by Crippen LogP contribution is -2.27. The van der Waals surface area contributed by atoms with Gasteiger partial charge in [0.25, 0.3) is 0 Å². The number of rotatable bonds is 21. The number of nitrogens with zero attached hydrogens (tertiary/aromatic N) is 5. The molecule has 2 aromatic heterocycles. The van der Waals surface area contributed by atoms with Crippen molar-refractivity contribution >= 4 is 17.9 Å². The normalized spacial score (nSPS) is 11.6. The number of hydrogen-bond donors (Lipinski definition) is 2. The van der Waals surface area contributed by atoms with Gasteiger partial charge in [0.15, 0.2) is 0 Å². The van der Waals surface area contributed by atoms with Gasteiger partial charge in [0, 0.05) is 25.4 Å². The van der Waals surface area contributed by atoms with Crippen LogP contribution in [0, 0.1) is 0 Å². The number of unbranched alkanes of at least 4 members (excludes halogenated alkanes) is 12. The summed E-state index contributed by atoms with van der Waals surface area (Å²) < 4.78 is 8.42. The van der Waals surface area contributed by atoms with Gasteiger partial charge in [-0.3, -0.25) is 9.48 Å². The summed E-state index contributed by atoms with van der Waals surface area (Å²) in [7, 11) is 0. The van der Waals surface area contributed by atoms with E-state index in [1.54, 1.807) is 10.9 Å². The molecule has 0 radical (unpaired) electrons. The minimum absolute atomic E-state index is 0.124. The summed E-state index contributed by atoms with van der Waals surface area (Å²) in [5.74, 6) is 0.273. The minimum atomic E-state index is -0.588. The number of carbonyl (C=O) groups excluding carboxylic acids is 2. The van der Waals surface area contributed by atoms with Crippen LogP contribution in [-0.4, -0.2) is 48.7 Å². The van der Waals surface area contributed by atoms with E-state index in [-0.39, 0.29) is 11.9 Å². The molecular formula is C31H55N7O3. The van der Waals surface area contributed by atoms with E-state index in [1.807, 2.05) is 27.0 Å². The van der Waals surface area contributed by atoms with E-state index >= 15 is 0 Å². The van der Waals surface area contributed by atoms with Gasteiger partial charge in [0.1, 0.15) is 5.60 Å². The second kappa shape index (κ2) is 19.3. The van der Waals surface area contributed by atoms with Crippen LogP contribution in [0.1, 0.15) is 135 Å². The van der Waals surface area contributed by atoms with Crippen molar-refractivity contribution in [1.82, 2.24) is 29.9 Å². The molecule has 0 saturated carbocycles. The maximum atomic E-state index is 12.2. The molecule has 232 valence electrons. The van der Waals surface area contributed by atoms with Crippen LogP contribution in [0.5, 0.6) is 0 Å². The summed E-state index contributed by atoms with van der Waals surface area (Å²) in [5.41, 5.74) is 7.04. The second-order valence-corrected chi connectivity index (χ2v) is 12.1. The van der Waals surface area contributed by atoms with Gasteiger partial charge in [-0.25, -0.2) is 14.3 Å². The van der Waals surface area contributed by atoms with Crippen LogP contribution >= 0.6 is 0 Å². The first-order chi connectivity index (χ1) is 19.7. The Morgan fingerprint density at radius 3 is 2.07 bits per heavy atom. The summed E-state index contributed by atoms with van der Waals surface area (Å²) >= 11 is 0. The van der Waals surface area contributed by atoms with E-state index in [0.29, 0.717) is 19.5 Å². The highest BCUT2D eigenvalue weighted by Crippen LogP contribution is 2.15. The highest BCUT2D eigenvalue weighted by atomic mass is 16.6. The Labute approximate surface area is 247 Å². The molecule has 0 aliphatic heterocycles. The monoisotopic (exact) mass is 573 g/mol. The minimum Gasteiger partial charge on any atom is -0.443 e. The number of nitrogens with one attached hydrogen (secondary N) is 1. The summed E-state index contributed by atoms with van der Waals surface area (Å²) in [6, 6.07) is 0. The molecule has 0 atom stereocenters. The summed E-state index contributed by atoms with van der Waals surface area (Å²) in [4.78, 5) is 28.6. The smallest absolute Gasteiger partial charge is 0.421 e. The standard InChI is InChI=1S/C31H55N7O3/c1-5-6-7-8-9-10-11-12-13-14-18-21-28(39)33-22-23-37-24-27(35-36-37)20-17-15-16-19-26-25-38(29(32)34-26)30(40)41-31(2,3)4/h24-25H,5-23H2,1-4H3,(H2,32,34)(H,33,39). The molecule has 0 aromatic carbocycles. The van der Waals surface area contributed by atoms with Crippen LogP contribution in [0.25, 0.3) is 0 Å². The lowest BCUT2D eigenvalue weighted by molar-refractivity contribution is -0.121. The number of aromatic nitrogens is 5. The third-order valence-electron chi connectivity index (χ3n) is 7.00. The van der Waals surface area contributed by atoms with E-state index in [0.717, 1.165) is 56.3 Å². The number of carbonyl (C=O) groups is 2. The zero-order valence-corrected chi connectivity index (χ0v) is 26.1. The van der Waals surface area contributed by atoms with Gasteiger partial charge in [0.2, 0.25) is 11.9 Å². The lowest BCUT2D eigenvalue weighted by Gasteiger charge is -2.19. The van der Waals surface area contributed by atoms with E-state index in [9.17, 15) is 9.59 Å². The summed E-state index contributed by atoms with van der Waals surface area (Å²) in [5, 5.41) is 11.5. The topological polar surface area (TPSA) is 130 Å². The van der Waals surface area contributed by atoms with Crippen LogP contribution < -0.4 is 11.1 Å². The predicted octanol–water partition coefficient (Wildman–Crippen LogP) is 6.61. The van der Waals surface area contributed by atoms with E-state index in [4.69, 9.17) is 10.5 Å². The van der Waals surface area contributed by atoms with Gasteiger partial charge in [-0.2, -0.15) is 0 Å². The van der Waals surface area contributed by atoms with Crippen molar-refractivity contribution in [2.75, 3.05) is 12.3 Å². The second-order valence-electron chi connectivity index (χ2n) is 12.1. The first-order valence-corrected chi connectivity index (χ1v) is 15.9. The number of imidazole rings is 1. The van der Waals surface area contributed by atoms with Crippen molar-refractivity contribution in [3.63, 3.8) is 0 Å². The fourth-order valence-electron chi connectivity index (χ4n) is 4.72. The SMILES string of the molecule is CCCCCCCCCCCCCC(=O)NCCn1cc(CCCCCc2cn(C(=O)OC(C)(C)C)c(N)n2)nn1. The number of anilines is 1. The molecule has 10 heteroatoms. The van der Waals surface area contributed by atoms with Gasteiger partial charge in [-0.1, -0.05) is 82.8 Å². The first kappa shape index (κ1) is 34.3. The molecule has 0 unspecified atom stereocenters. The largest absolute Gasteiger partial charge is 0.443 e. The molecular weight excluding hydrogens is 518 g/mol. The molecule has 0 spiro atoms. The Hall–Kier alpha value is -2.91. The lowest BCUT2D eigenvalue weighted by atomic mass is 10.1. The quantitative estimate of drug-likeness (QED) is 0.161. The average molecular weight is 574 g/mol. The molecule has 0 aliphatic carbocycles. The first-order valence-electron chi connectivity index (χ1n) is 15.9. The van der Waals surface area contributed by atoms with E-state index in [1.165, 1.54) is 62.4 Å². The zero-order chi connectivity index (χ0) is 29.9.